The summed E-state index contributed by atoms with van der Waals surface area (Å²) in [5.41, 5.74) is 1.77. The van der Waals surface area contributed by atoms with Crippen LogP contribution in [0, 0.1) is 5.92 Å². The SMILES string of the molecule is CCC(=O)Nc1ccc2c(c1)OC[C@H](C)N(C(=O)Cc1cccnc1)C[C@@H](C)[C@H](OC)CN(C)C2=O. The molecule has 2 heterocycles. The lowest BCUT2D eigenvalue weighted by Gasteiger charge is -2.36. The molecule has 0 saturated carbocycles. The van der Waals surface area contributed by atoms with Gasteiger partial charge in [-0.15, -0.1) is 0 Å². The molecule has 3 amide bonds. The van der Waals surface area contributed by atoms with Crippen molar-refractivity contribution >= 4 is 23.4 Å². The van der Waals surface area contributed by atoms with Crippen molar-refractivity contribution in [2.45, 2.75) is 45.8 Å². The number of likely N-dealkylation sites (N-methyl/N-ethyl adjacent to an activating group) is 1. The first-order chi connectivity index (χ1) is 17.2. The molecule has 0 unspecified atom stereocenters. The van der Waals surface area contributed by atoms with Crippen LogP contribution in [0.15, 0.2) is 42.7 Å². The maximum atomic E-state index is 13.4. The molecule has 9 nitrogen and oxygen atoms in total. The van der Waals surface area contributed by atoms with Crippen LogP contribution in [0.3, 0.4) is 0 Å². The maximum absolute atomic E-state index is 13.4. The predicted octanol–water partition coefficient (Wildman–Crippen LogP) is 3.01. The smallest absolute Gasteiger partial charge is 0.257 e. The molecule has 0 spiro atoms. The Kier molecular flexibility index (Phi) is 9.41. The van der Waals surface area contributed by atoms with Crippen LogP contribution in [0.2, 0.25) is 0 Å². The number of fused-ring (bicyclic) bond motifs is 1. The quantitative estimate of drug-likeness (QED) is 0.683. The number of aromatic nitrogens is 1. The van der Waals surface area contributed by atoms with Gasteiger partial charge in [0.2, 0.25) is 11.8 Å². The molecular weight excluding hydrogens is 460 g/mol. The van der Waals surface area contributed by atoms with Crippen molar-refractivity contribution in [2.75, 3.05) is 39.2 Å². The number of carbonyl (C=O) groups is 3. The van der Waals surface area contributed by atoms with Gasteiger partial charge >= 0.3 is 0 Å². The Balaban J connectivity index is 1.94. The van der Waals surface area contributed by atoms with E-state index >= 15 is 0 Å². The average molecular weight is 497 g/mol. The van der Waals surface area contributed by atoms with Crippen LogP contribution in [0.5, 0.6) is 5.75 Å². The first-order valence-electron chi connectivity index (χ1n) is 12.3. The summed E-state index contributed by atoms with van der Waals surface area (Å²) in [5.74, 6) is -0.0493. The molecule has 1 aromatic carbocycles. The van der Waals surface area contributed by atoms with E-state index in [4.69, 9.17) is 9.47 Å². The number of nitrogens with zero attached hydrogens (tertiary/aromatic N) is 3. The van der Waals surface area contributed by atoms with E-state index in [2.05, 4.69) is 10.3 Å². The minimum absolute atomic E-state index is 0.0314. The summed E-state index contributed by atoms with van der Waals surface area (Å²) in [5, 5.41) is 2.81. The molecule has 1 aliphatic rings. The zero-order valence-corrected chi connectivity index (χ0v) is 21.7. The minimum atomic E-state index is -0.275. The highest BCUT2D eigenvalue weighted by atomic mass is 16.5. The number of methoxy groups -OCH3 is 1. The number of hydrogen-bond acceptors (Lipinski definition) is 6. The predicted molar refractivity (Wildman–Crippen MR) is 137 cm³/mol. The van der Waals surface area contributed by atoms with Crippen LogP contribution in [0.1, 0.15) is 43.1 Å². The van der Waals surface area contributed by atoms with Crippen LogP contribution in [0.25, 0.3) is 0 Å². The highest BCUT2D eigenvalue weighted by molar-refractivity contribution is 5.98. The topological polar surface area (TPSA) is 101 Å². The molecular formula is C27H36N4O5. The number of anilines is 1. The van der Waals surface area contributed by atoms with Crippen molar-refractivity contribution in [2.24, 2.45) is 5.92 Å². The molecule has 0 aliphatic carbocycles. The second-order valence-corrected chi connectivity index (χ2v) is 9.29. The fourth-order valence-corrected chi connectivity index (χ4v) is 4.23. The molecule has 1 aromatic heterocycles. The third-order valence-corrected chi connectivity index (χ3v) is 6.45. The van der Waals surface area contributed by atoms with E-state index in [1.54, 1.807) is 56.6 Å². The Labute approximate surface area is 212 Å². The third-order valence-electron chi connectivity index (χ3n) is 6.45. The third kappa shape index (κ3) is 6.81. The normalized spacial score (nSPS) is 21.0. The first kappa shape index (κ1) is 27.1. The summed E-state index contributed by atoms with van der Waals surface area (Å²) >= 11 is 0. The molecule has 194 valence electrons. The summed E-state index contributed by atoms with van der Waals surface area (Å²) in [6.45, 7) is 6.69. The fraction of sp³-hybridized carbons (Fsp3) is 0.481. The molecule has 2 aromatic rings. The van der Waals surface area contributed by atoms with Crippen molar-refractivity contribution < 1.29 is 23.9 Å². The molecule has 0 radical (unpaired) electrons. The molecule has 3 atom stereocenters. The molecule has 0 saturated heterocycles. The van der Waals surface area contributed by atoms with Gasteiger partial charge in [0.25, 0.3) is 5.91 Å². The van der Waals surface area contributed by atoms with Gasteiger partial charge in [-0.05, 0) is 30.7 Å². The van der Waals surface area contributed by atoms with E-state index in [1.807, 2.05) is 30.9 Å². The van der Waals surface area contributed by atoms with E-state index in [9.17, 15) is 14.4 Å². The van der Waals surface area contributed by atoms with Gasteiger partial charge in [-0.2, -0.15) is 0 Å². The summed E-state index contributed by atoms with van der Waals surface area (Å²) in [7, 11) is 3.34. The van der Waals surface area contributed by atoms with Crippen LogP contribution < -0.4 is 10.1 Å². The Hall–Kier alpha value is -3.46. The molecule has 3 rings (SSSR count). The minimum Gasteiger partial charge on any atom is -0.491 e. The number of rotatable bonds is 5. The largest absolute Gasteiger partial charge is 0.491 e. The summed E-state index contributed by atoms with van der Waals surface area (Å²) < 4.78 is 11.9. The van der Waals surface area contributed by atoms with E-state index in [0.29, 0.717) is 36.5 Å². The highest BCUT2D eigenvalue weighted by Gasteiger charge is 2.30. The lowest BCUT2D eigenvalue weighted by molar-refractivity contribution is -0.134. The molecule has 1 N–H and O–H groups in total. The maximum Gasteiger partial charge on any atom is 0.257 e. The van der Waals surface area contributed by atoms with E-state index in [-0.39, 0.29) is 48.8 Å². The summed E-state index contributed by atoms with van der Waals surface area (Å²) in [6.07, 6.45) is 3.66. The van der Waals surface area contributed by atoms with Crippen molar-refractivity contribution in [1.29, 1.82) is 0 Å². The second-order valence-electron chi connectivity index (χ2n) is 9.29. The fourth-order valence-electron chi connectivity index (χ4n) is 4.23. The van der Waals surface area contributed by atoms with Gasteiger partial charge in [-0.1, -0.05) is 19.9 Å². The Morgan fingerprint density at radius 1 is 1.22 bits per heavy atom. The van der Waals surface area contributed by atoms with Crippen molar-refractivity contribution in [3.8, 4) is 5.75 Å². The number of benzene rings is 1. The number of hydrogen-bond donors (Lipinski definition) is 1. The van der Waals surface area contributed by atoms with Gasteiger partial charge in [0.1, 0.15) is 12.4 Å². The van der Waals surface area contributed by atoms with Crippen LogP contribution >= 0.6 is 0 Å². The van der Waals surface area contributed by atoms with Gasteiger partial charge in [0.05, 0.1) is 24.1 Å². The monoisotopic (exact) mass is 496 g/mol. The number of amides is 3. The van der Waals surface area contributed by atoms with Gasteiger partial charge in [-0.3, -0.25) is 19.4 Å². The Bertz CT molecular complexity index is 1060. The van der Waals surface area contributed by atoms with Crippen molar-refractivity contribution in [3.63, 3.8) is 0 Å². The summed E-state index contributed by atoms with van der Waals surface area (Å²) in [4.78, 5) is 46.1. The van der Waals surface area contributed by atoms with Crippen LogP contribution in [-0.4, -0.2) is 78.5 Å². The van der Waals surface area contributed by atoms with Gasteiger partial charge in [-0.25, -0.2) is 0 Å². The van der Waals surface area contributed by atoms with Gasteiger partial charge < -0.3 is 24.6 Å². The lowest BCUT2D eigenvalue weighted by atomic mass is 10.0. The average Bonchev–Trinajstić information content (AvgIpc) is 2.88. The van der Waals surface area contributed by atoms with Crippen LogP contribution in [0.4, 0.5) is 5.69 Å². The Morgan fingerprint density at radius 3 is 2.67 bits per heavy atom. The van der Waals surface area contributed by atoms with Crippen LogP contribution in [-0.2, 0) is 20.7 Å². The van der Waals surface area contributed by atoms with Gasteiger partial charge in [0, 0.05) is 63.7 Å². The van der Waals surface area contributed by atoms with Crippen molar-refractivity contribution in [1.82, 2.24) is 14.8 Å². The molecule has 0 bridgehead atoms. The number of nitrogens with one attached hydrogen (secondary N) is 1. The summed E-state index contributed by atoms with van der Waals surface area (Å²) in [6, 6.07) is 8.43. The molecule has 0 fully saturated rings. The Morgan fingerprint density at radius 2 is 2.00 bits per heavy atom. The van der Waals surface area contributed by atoms with Gasteiger partial charge in [0.15, 0.2) is 0 Å². The number of pyridine rings is 1. The molecule has 36 heavy (non-hydrogen) atoms. The highest BCUT2D eigenvalue weighted by Crippen LogP contribution is 2.27. The standard InChI is InChI=1S/C27H36N4O5/c1-6-25(32)29-21-9-10-22-23(13-21)36-17-19(3)31(26(33)12-20-8-7-11-28-14-20)15-18(2)24(35-5)16-30(4)27(22)34/h7-11,13-14,18-19,24H,6,12,15-17H2,1-5H3,(H,29,32)/t18-,19+,24-/m1/s1. The number of carbonyl (C=O) groups excluding carboxylic acids is 3. The van der Waals surface area contributed by atoms with E-state index in [1.165, 1.54) is 0 Å². The second kappa shape index (κ2) is 12.5. The van der Waals surface area contributed by atoms with E-state index in [0.717, 1.165) is 5.56 Å². The number of ether oxygens (including phenoxy) is 2. The zero-order valence-electron chi connectivity index (χ0n) is 21.7. The lowest BCUT2D eigenvalue weighted by Crippen LogP contribution is -2.49. The molecule has 9 heteroatoms. The first-order valence-corrected chi connectivity index (χ1v) is 12.3. The molecule has 1 aliphatic heterocycles. The van der Waals surface area contributed by atoms with E-state index < -0.39 is 0 Å². The zero-order chi connectivity index (χ0) is 26.2. The van der Waals surface area contributed by atoms with Crippen molar-refractivity contribution in [3.05, 3.63) is 53.9 Å².